The van der Waals surface area contributed by atoms with Gasteiger partial charge in [-0.1, -0.05) is 66.7 Å². The molecule has 0 fully saturated rings. The number of rotatable bonds is 10. The summed E-state index contributed by atoms with van der Waals surface area (Å²) in [6.07, 6.45) is 0.290. The third-order valence-corrected chi connectivity index (χ3v) is 6.22. The molecule has 0 saturated heterocycles. The van der Waals surface area contributed by atoms with E-state index in [0.717, 1.165) is 5.56 Å². The molecule has 0 bridgehead atoms. The van der Waals surface area contributed by atoms with Crippen molar-refractivity contribution >= 4 is 23.6 Å². The van der Waals surface area contributed by atoms with Crippen LogP contribution in [-0.2, 0) is 28.3 Å². The molecule has 3 rings (SSSR count). The Morgan fingerprint density at radius 1 is 0.879 bits per heavy atom. The number of hydrogen-bond acceptors (Lipinski definition) is 3. The molecule has 0 radical (unpaired) electrons. The summed E-state index contributed by atoms with van der Waals surface area (Å²) < 4.78 is 28.3. The normalized spacial score (nSPS) is 11.6. The standard InChI is InChI=1S/C26H26F2N2O2S/c1-29-26(32)24(15-19-9-3-2-4-10-19)30(16-20-11-5-7-13-22(20)27)25(31)18-33-17-21-12-6-8-14-23(21)28/h2-14,24H,15-18H2,1H3,(H,29,32)/t24-/m1/s1. The van der Waals surface area contributed by atoms with Gasteiger partial charge in [-0.3, -0.25) is 9.59 Å². The molecule has 1 atom stereocenters. The molecule has 0 aliphatic heterocycles. The smallest absolute Gasteiger partial charge is 0.242 e. The lowest BCUT2D eigenvalue weighted by molar-refractivity contribution is -0.139. The maximum atomic E-state index is 14.4. The predicted octanol–water partition coefficient (Wildman–Crippen LogP) is 4.58. The van der Waals surface area contributed by atoms with Crippen molar-refractivity contribution in [2.45, 2.75) is 24.8 Å². The van der Waals surface area contributed by atoms with Gasteiger partial charge in [0.2, 0.25) is 11.8 Å². The van der Waals surface area contributed by atoms with E-state index in [1.165, 1.54) is 35.8 Å². The Morgan fingerprint density at radius 3 is 2.06 bits per heavy atom. The number of hydrogen-bond donors (Lipinski definition) is 1. The van der Waals surface area contributed by atoms with Crippen LogP contribution in [0, 0.1) is 11.6 Å². The zero-order chi connectivity index (χ0) is 23.6. The maximum Gasteiger partial charge on any atom is 0.242 e. The minimum absolute atomic E-state index is 0.0328. The number of nitrogens with one attached hydrogen (secondary N) is 1. The van der Waals surface area contributed by atoms with Crippen LogP contribution >= 0.6 is 11.8 Å². The van der Waals surface area contributed by atoms with E-state index in [1.807, 2.05) is 30.3 Å². The molecule has 0 saturated carbocycles. The Labute approximate surface area is 197 Å². The van der Waals surface area contributed by atoms with Gasteiger partial charge in [-0.15, -0.1) is 11.8 Å². The highest BCUT2D eigenvalue weighted by molar-refractivity contribution is 7.99. The fourth-order valence-electron chi connectivity index (χ4n) is 3.48. The molecule has 0 unspecified atom stereocenters. The van der Waals surface area contributed by atoms with Crippen molar-refractivity contribution in [3.05, 3.63) is 107 Å². The zero-order valence-electron chi connectivity index (χ0n) is 18.3. The summed E-state index contributed by atoms with van der Waals surface area (Å²) in [5, 5.41) is 2.63. The van der Waals surface area contributed by atoms with E-state index in [0.29, 0.717) is 23.3 Å². The summed E-state index contributed by atoms with van der Waals surface area (Å²) in [4.78, 5) is 27.5. The number of benzene rings is 3. The van der Waals surface area contributed by atoms with Crippen LogP contribution in [-0.4, -0.2) is 35.6 Å². The van der Waals surface area contributed by atoms with E-state index in [9.17, 15) is 18.4 Å². The van der Waals surface area contributed by atoms with Gasteiger partial charge < -0.3 is 10.2 Å². The first-order chi connectivity index (χ1) is 16.0. The van der Waals surface area contributed by atoms with E-state index in [1.54, 1.807) is 36.4 Å². The molecule has 0 heterocycles. The summed E-state index contributed by atoms with van der Waals surface area (Å²) in [7, 11) is 1.51. The van der Waals surface area contributed by atoms with E-state index in [2.05, 4.69) is 5.32 Å². The number of halogens is 2. The second-order valence-electron chi connectivity index (χ2n) is 7.52. The summed E-state index contributed by atoms with van der Waals surface area (Å²) in [6.45, 7) is -0.0450. The molecule has 0 aliphatic rings. The van der Waals surface area contributed by atoms with Gasteiger partial charge in [-0.05, 0) is 23.3 Å². The summed E-state index contributed by atoms with van der Waals surface area (Å²) in [6, 6.07) is 21.2. The fraction of sp³-hybridized carbons (Fsp3) is 0.231. The van der Waals surface area contributed by atoms with E-state index < -0.39 is 11.9 Å². The molecule has 33 heavy (non-hydrogen) atoms. The van der Waals surface area contributed by atoms with Crippen LogP contribution in [0.3, 0.4) is 0 Å². The molecule has 4 nitrogen and oxygen atoms in total. The first-order valence-electron chi connectivity index (χ1n) is 10.6. The number of carbonyl (C=O) groups excluding carboxylic acids is 2. The van der Waals surface area contributed by atoms with Gasteiger partial charge in [-0.2, -0.15) is 0 Å². The molecule has 7 heteroatoms. The average Bonchev–Trinajstić information content (AvgIpc) is 2.83. The first-order valence-corrected chi connectivity index (χ1v) is 11.7. The second-order valence-corrected chi connectivity index (χ2v) is 8.50. The number of carbonyl (C=O) groups is 2. The molecule has 0 aromatic heterocycles. The Balaban J connectivity index is 1.83. The van der Waals surface area contributed by atoms with Crippen molar-refractivity contribution in [2.24, 2.45) is 0 Å². The molecule has 0 aliphatic carbocycles. The Bertz CT molecular complexity index is 1080. The molecule has 172 valence electrons. The number of likely N-dealkylation sites (N-methyl/N-ethyl adjacent to an activating group) is 1. The van der Waals surface area contributed by atoms with Crippen molar-refractivity contribution in [3.63, 3.8) is 0 Å². The zero-order valence-corrected chi connectivity index (χ0v) is 19.2. The molecular weight excluding hydrogens is 442 g/mol. The van der Waals surface area contributed by atoms with Crippen LogP contribution < -0.4 is 5.32 Å². The maximum absolute atomic E-state index is 14.4. The van der Waals surface area contributed by atoms with Gasteiger partial charge in [0.1, 0.15) is 17.7 Å². The summed E-state index contributed by atoms with van der Waals surface area (Å²) in [5.41, 5.74) is 1.71. The highest BCUT2D eigenvalue weighted by atomic mass is 32.2. The fourth-order valence-corrected chi connectivity index (χ4v) is 4.37. The lowest BCUT2D eigenvalue weighted by Gasteiger charge is -2.31. The van der Waals surface area contributed by atoms with Crippen LogP contribution in [0.15, 0.2) is 78.9 Å². The lowest BCUT2D eigenvalue weighted by Crippen LogP contribution is -2.50. The second kappa shape index (κ2) is 12.2. The summed E-state index contributed by atoms with van der Waals surface area (Å²) in [5.74, 6) is -1.07. The van der Waals surface area contributed by atoms with Gasteiger partial charge in [0.15, 0.2) is 0 Å². The van der Waals surface area contributed by atoms with Crippen molar-refractivity contribution in [2.75, 3.05) is 12.8 Å². The van der Waals surface area contributed by atoms with E-state index in [4.69, 9.17) is 0 Å². The quantitative estimate of drug-likeness (QED) is 0.474. The minimum atomic E-state index is -0.821. The lowest BCUT2D eigenvalue weighted by atomic mass is 10.0. The molecule has 0 spiro atoms. The molecule has 1 N–H and O–H groups in total. The minimum Gasteiger partial charge on any atom is -0.357 e. The van der Waals surface area contributed by atoms with Gasteiger partial charge in [0, 0.05) is 31.3 Å². The van der Waals surface area contributed by atoms with Crippen LogP contribution in [0.2, 0.25) is 0 Å². The van der Waals surface area contributed by atoms with Gasteiger partial charge in [0.05, 0.1) is 5.75 Å². The third-order valence-electron chi connectivity index (χ3n) is 5.26. The van der Waals surface area contributed by atoms with Crippen molar-refractivity contribution in [3.8, 4) is 0 Å². The topological polar surface area (TPSA) is 49.4 Å². The molecular formula is C26H26F2N2O2S. The Kier molecular flexibility index (Phi) is 9.01. The molecule has 2 amide bonds. The van der Waals surface area contributed by atoms with Gasteiger partial charge in [0.25, 0.3) is 0 Å². The van der Waals surface area contributed by atoms with Crippen molar-refractivity contribution in [1.29, 1.82) is 0 Å². The van der Waals surface area contributed by atoms with Crippen LogP contribution in [0.4, 0.5) is 8.78 Å². The molecule has 3 aromatic rings. The Morgan fingerprint density at radius 2 is 1.45 bits per heavy atom. The number of thioether (sulfide) groups is 1. The van der Waals surface area contributed by atoms with Crippen LogP contribution in [0.25, 0.3) is 0 Å². The first kappa shape index (κ1) is 24.5. The van der Waals surface area contributed by atoms with Crippen LogP contribution in [0.5, 0.6) is 0 Å². The van der Waals surface area contributed by atoms with Gasteiger partial charge >= 0.3 is 0 Å². The van der Waals surface area contributed by atoms with Crippen molar-refractivity contribution < 1.29 is 18.4 Å². The van der Waals surface area contributed by atoms with E-state index in [-0.39, 0.29) is 29.9 Å². The molecule has 3 aromatic carbocycles. The van der Waals surface area contributed by atoms with Crippen molar-refractivity contribution in [1.82, 2.24) is 10.2 Å². The third kappa shape index (κ3) is 6.89. The largest absolute Gasteiger partial charge is 0.357 e. The summed E-state index contributed by atoms with van der Waals surface area (Å²) >= 11 is 1.26. The van der Waals surface area contributed by atoms with E-state index >= 15 is 0 Å². The highest BCUT2D eigenvalue weighted by Gasteiger charge is 2.30. The van der Waals surface area contributed by atoms with Crippen LogP contribution in [0.1, 0.15) is 16.7 Å². The monoisotopic (exact) mass is 468 g/mol. The SMILES string of the molecule is CNC(=O)[C@@H](Cc1ccccc1)N(Cc1ccccc1F)C(=O)CSCc1ccccc1F. The van der Waals surface area contributed by atoms with Gasteiger partial charge in [-0.25, -0.2) is 8.78 Å². The highest BCUT2D eigenvalue weighted by Crippen LogP contribution is 2.20. The average molecular weight is 469 g/mol. The predicted molar refractivity (Wildman–Crippen MR) is 128 cm³/mol. The Hall–Kier alpha value is -3.19. The number of nitrogens with zero attached hydrogens (tertiary/aromatic N) is 1. The number of amides is 2.